The molecule has 1 heterocycles. The highest BCUT2D eigenvalue weighted by molar-refractivity contribution is 5.44. The number of aliphatic hydroxyl groups is 1. The zero-order valence-corrected chi connectivity index (χ0v) is 12.5. The van der Waals surface area contributed by atoms with Gasteiger partial charge in [-0.25, -0.2) is 0 Å². The topological polar surface area (TPSA) is 64.7 Å². The number of ether oxygens (including phenoxy) is 2. The van der Waals surface area contributed by atoms with E-state index in [0.717, 1.165) is 42.7 Å². The third-order valence-electron chi connectivity index (χ3n) is 4.97. The summed E-state index contributed by atoms with van der Waals surface area (Å²) in [5, 5.41) is 10.9. The molecule has 116 valence electrons. The third-order valence-corrected chi connectivity index (χ3v) is 4.97. The van der Waals surface area contributed by atoms with Crippen LogP contribution in [0, 0.1) is 5.41 Å². The predicted molar refractivity (Wildman–Crippen MR) is 81.6 cm³/mol. The van der Waals surface area contributed by atoms with Crippen LogP contribution in [0.2, 0.25) is 0 Å². The van der Waals surface area contributed by atoms with Crippen molar-refractivity contribution in [1.29, 1.82) is 0 Å². The van der Waals surface area contributed by atoms with Crippen LogP contribution in [0.1, 0.15) is 50.2 Å². The molecule has 1 saturated carbocycles. The Hall–Kier alpha value is -1.26. The number of hydrogen-bond donors (Lipinski definition) is 2. The molecule has 0 aromatic heterocycles. The lowest BCUT2D eigenvalue weighted by molar-refractivity contribution is 0.0163. The molecule has 0 saturated heterocycles. The summed E-state index contributed by atoms with van der Waals surface area (Å²) in [7, 11) is 0. The van der Waals surface area contributed by atoms with Crippen LogP contribution in [-0.2, 0) is 0 Å². The van der Waals surface area contributed by atoms with E-state index in [9.17, 15) is 5.11 Å². The van der Waals surface area contributed by atoms with Gasteiger partial charge in [0.15, 0.2) is 11.5 Å². The molecule has 1 aliphatic heterocycles. The summed E-state index contributed by atoms with van der Waals surface area (Å²) in [6.07, 6.45) is 6.26. The smallest absolute Gasteiger partial charge is 0.161 e. The maximum absolute atomic E-state index is 10.9. The van der Waals surface area contributed by atoms with Crippen molar-refractivity contribution in [2.75, 3.05) is 19.8 Å². The Morgan fingerprint density at radius 3 is 2.38 bits per heavy atom. The fourth-order valence-electron chi connectivity index (χ4n) is 3.61. The Morgan fingerprint density at radius 2 is 1.71 bits per heavy atom. The van der Waals surface area contributed by atoms with E-state index in [1.807, 2.05) is 18.2 Å². The first-order valence-electron chi connectivity index (χ1n) is 8.03. The highest BCUT2D eigenvalue weighted by atomic mass is 16.6. The molecular weight excluding hydrogens is 266 g/mol. The van der Waals surface area contributed by atoms with Crippen LogP contribution in [-0.4, -0.2) is 24.9 Å². The fourth-order valence-corrected chi connectivity index (χ4v) is 3.61. The van der Waals surface area contributed by atoms with Crippen LogP contribution in [0.4, 0.5) is 0 Å². The van der Waals surface area contributed by atoms with Gasteiger partial charge in [0.25, 0.3) is 0 Å². The lowest BCUT2D eigenvalue weighted by Crippen LogP contribution is -2.36. The summed E-state index contributed by atoms with van der Waals surface area (Å²) in [5.74, 6) is 1.50. The van der Waals surface area contributed by atoms with Crippen molar-refractivity contribution in [3.63, 3.8) is 0 Å². The molecule has 1 fully saturated rings. The first-order valence-corrected chi connectivity index (χ1v) is 8.03. The molecule has 3 N–H and O–H groups in total. The number of rotatable bonds is 3. The van der Waals surface area contributed by atoms with Crippen molar-refractivity contribution < 1.29 is 14.6 Å². The summed E-state index contributed by atoms with van der Waals surface area (Å²) < 4.78 is 11.2. The minimum absolute atomic E-state index is 0.194. The highest BCUT2D eigenvalue weighted by Gasteiger charge is 2.38. The van der Waals surface area contributed by atoms with E-state index >= 15 is 0 Å². The van der Waals surface area contributed by atoms with Crippen molar-refractivity contribution in [1.82, 2.24) is 0 Å². The van der Waals surface area contributed by atoms with Crippen molar-refractivity contribution in [2.24, 2.45) is 11.1 Å². The summed E-state index contributed by atoms with van der Waals surface area (Å²) in [6, 6.07) is 5.76. The van der Waals surface area contributed by atoms with Crippen LogP contribution in [0.5, 0.6) is 11.5 Å². The first-order chi connectivity index (χ1) is 10.2. The van der Waals surface area contributed by atoms with Gasteiger partial charge < -0.3 is 20.3 Å². The molecule has 1 unspecified atom stereocenters. The van der Waals surface area contributed by atoms with Crippen LogP contribution in [0.3, 0.4) is 0 Å². The molecule has 1 aromatic rings. The van der Waals surface area contributed by atoms with Gasteiger partial charge >= 0.3 is 0 Å². The second-order valence-electron chi connectivity index (χ2n) is 6.29. The van der Waals surface area contributed by atoms with Crippen LogP contribution >= 0.6 is 0 Å². The number of hydrogen-bond acceptors (Lipinski definition) is 4. The quantitative estimate of drug-likeness (QED) is 0.841. The largest absolute Gasteiger partial charge is 0.486 e. The molecular formula is C17H25NO3. The molecule has 0 radical (unpaired) electrons. The van der Waals surface area contributed by atoms with Crippen LogP contribution < -0.4 is 15.2 Å². The van der Waals surface area contributed by atoms with Crippen molar-refractivity contribution in [3.8, 4) is 11.5 Å². The van der Waals surface area contributed by atoms with Crippen molar-refractivity contribution >= 4 is 0 Å². The van der Waals surface area contributed by atoms with E-state index in [-0.39, 0.29) is 5.41 Å². The number of fused-ring (bicyclic) bond motifs is 1. The van der Waals surface area contributed by atoms with Crippen molar-refractivity contribution in [3.05, 3.63) is 23.8 Å². The van der Waals surface area contributed by atoms with Gasteiger partial charge in [0.05, 0.1) is 6.10 Å². The minimum atomic E-state index is -0.531. The second kappa shape index (κ2) is 6.24. The molecule has 1 atom stereocenters. The molecule has 4 nitrogen and oxygen atoms in total. The van der Waals surface area contributed by atoms with Gasteiger partial charge in [-0.3, -0.25) is 0 Å². The lowest BCUT2D eigenvalue weighted by atomic mass is 9.73. The maximum Gasteiger partial charge on any atom is 0.161 e. The Bertz CT molecular complexity index is 481. The first kappa shape index (κ1) is 14.7. The zero-order chi connectivity index (χ0) is 14.7. The SMILES string of the molecule is NCC1(C(O)c2ccc3c(c2)OCCO3)CCCCCC1. The zero-order valence-electron chi connectivity index (χ0n) is 12.5. The number of aliphatic hydroxyl groups excluding tert-OH is 1. The highest BCUT2D eigenvalue weighted by Crippen LogP contribution is 2.45. The molecule has 0 amide bonds. The average molecular weight is 291 g/mol. The Morgan fingerprint density at radius 1 is 1.05 bits per heavy atom. The Kier molecular flexibility index (Phi) is 4.36. The fraction of sp³-hybridized carbons (Fsp3) is 0.647. The minimum Gasteiger partial charge on any atom is -0.486 e. The van der Waals surface area contributed by atoms with Gasteiger partial charge in [-0.05, 0) is 30.5 Å². The van der Waals surface area contributed by atoms with Gasteiger partial charge in [0, 0.05) is 12.0 Å². The molecule has 21 heavy (non-hydrogen) atoms. The normalized spacial score (nSPS) is 22.4. The monoisotopic (exact) mass is 291 g/mol. The summed E-state index contributed by atoms with van der Waals surface area (Å²) in [5.41, 5.74) is 6.77. The molecule has 1 aromatic carbocycles. The third kappa shape index (κ3) is 2.87. The van der Waals surface area contributed by atoms with E-state index in [1.54, 1.807) is 0 Å². The van der Waals surface area contributed by atoms with Gasteiger partial charge in [0.2, 0.25) is 0 Å². The standard InChI is InChI=1S/C17H25NO3/c18-12-17(7-3-1-2-4-8-17)16(19)13-5-6-14-15(11-13)21-10-9-20-14/h5-6,11,16,19H,1-4,7-10,12,18H2. The molecule has 0 spiro atoms. The molecule has 1 aliphatic carbocycles. The van der Waals surface area contributed by atoms with Gasteiger partial charge in [-0.15, -0.1) is 0 Å². The van der Waals surface area contributed by atoms with E-state index in [1.165, 1.54) is 12.8 Å². The lowest BCUT2D eigenvalue weighted by Gasteiger charge is -2.37. The number of nitrogens with two attached hydrogens (primary N) is 1. The molecule has 3 rings (SSSR count). The molecule has 0 bridgehead atoms. The van der Waals surface area contributed by atoms with Gasteiger partial charge in [-0.1, -0.05) is 31.7 Å². The van der Waals surface area contributed by atoms with E-state index in [0.29, 0.717) is 19.8 Å². The summed E-state index contributed by atoms with van der Waals surface area (Å²) in [6.45, 7) is 1.68. The second-order valence-corrected chi connectivity index (χ2v) is 6.29. The maximum atomic E-state index is 10.9. The predicted octanol–water partition coefficient (Wildman–Crippen LogP) is 2.79. The average Bonchev–Trinajstić information content (AvgIpc) is 2.80. The van der Waals surface area contributed by atoms with E-state index in [4.69, 9.17) is 15.2 Å². The molecule has 4 heteroatoms. The Labute approximate surface area is 126 Å². The summed E-state index contributed by atoms with van der Waals surface area (Å²) in [4.78, 5) is 0. The summed E-state index contributed by atoms with van der Waals surface area (Å²) >= 11 is 0. The van der Waals surface area contributed by atoms with Gasteiger partial charge in [-0.2, -0.15) is 0 Å². The number of benzene rings is 1. The van der Waals surface area contributed by atoms with Gasteiger partial charge in [0.1, 0.15) is 13.2 Å². The van der Waals surface area contributed by atoms with Crippen LogP contribution in [0.15, 0.2) is 18.2 Å². The van der Waals surface area contributed by atoms with Crippen molar-refractivity contribution in [2.45, 2.75) is 44.6 Å². The molecule has 2 aliphatic rings. The Balaban J connectivity index is 1.87. The van der Waals surface area contributed by atoms with Crippen LogP contribution in [0.25, 0.3) is 0 Å². The van der Waals surface area contributed by atoms with E-state index in [2.05, 4.69) is 0 Å². The van der Waals surface area contributed by atoms with E-state index < -0.39 is 6.10 Å².